The standard InChI is InChI=1S/C68H42N6Si/c1-9-31-57-47(23-1)48-24-2-10-32-58(48)73(57)45-21-17-19-43(39-45)67-69-41-55-51-27-5-13-35-61(51)75(63-37-15-7-29-53(63)65(55)71-67)62-36-14-6-28-52(62)56-42-70-68(72-66(56)54-30-8-16-38-64(54)75)44-20-18-22-46(40-44)74-59-33-11-3-25-49(59)50-26-4-12-34-60(50)74/h1-42H. The molecule has 0 aliphatic carbocycles. The van der Waals surface area contributed by atoms with Gasteiger partial charge in [-0.25, -0.2) is 19.9 Å². The Morgan fingerprint density at radius 1 is 0.280 bits per heavy atom. The Bertz CT molecular complexity index is 4290. The van der Waals surface area contributed by atoms with E-state index in [4.69, 9.17) is 19.9 Å². The van der Waals surface area contributed by atoms with Crippen LogP contribution in [0.5, 0.6) is 0 Å². The van der Waals surface area contributed by atoms with Gasteiger partial charge in [-0.2, -0.15) is 0 Å². The van der Waals surface area contributed by atoms with Crippen LogP contribution in [0.4, 0.5) is 0 Å². The number of hydrogen-bond donors (Lipinski definition) is 0. The molecule has 0 N–H and O–H groups in total. The molecule has 2 aliphatic heterocycles. The zero-order valence-electron chi connectivity index (χ0n) is 40.4. The summed E-state index contributed by atoms with van der Waals surface area (Å²) in [5.41, 5.74) is 17.1. The Morgan fingerprint density at radius 3 is 0.987 bits per heavy atom. The van der Waals surface area contributed by atoms with Gasteiger partial charge in [0.25, 0.3) is 0 Å². The van der Waals surface area contributed by atoms with Gasteiger partial charge in [0.2, 0.25) is 0 Å². The maximum atomic E-state index is 5.67. The summed E-state index contributed by atoms with van der Waals surface area (Å²) >= 11 is 0. The van der Waals surface area contributed by atoms with Crippen LogP contribution in [0.3, 0.4) is 0 Å². The molecule has 0 amide bonds. The molecule has 0 saturated carbocycles. The number of hydrogen-bond acceptors (Lipinski definition) is 4. The minimum absolute atomic E-state index is 0.681. The van der Waals surface area contributed by atoms with E-state index in [1.807, 2.05) is 0 Å². The number of fused-ring (bicyclic) bond motifs is 20. The van der Waals surface area contributed by atoms with E-state index < -0.39 is 8.07 Å². The van der Waals surface area contributed by atoms with Gasteiger partial charge >= 0.3 is 0 Å². The molecule has 0 radical (unpaired) electrons. The third-order valence-electron chi connectivity index (χ3n) is 15.9. The van der Waals surface area contributed by atoms with E-state index in [0.29, 0.717) is 11.6 Å². The average Bonchev–Trinajstić information content (AvgIpc) is 3.95. The summed E-state index contributed by atoms with van der Waals surface area (Å²) in [6, 6.07) is 88.1. The summed E-state index contributed by atoms with van der Waals surface area (Å²) in [4.78, 5) is 21.9. The Labute approximate surface area is 433 Å². The molecule has 14 aromatic rings. The molecule has 75 heavy (non-hydrogen) atoms. The van der Waals surface area contributed by atoms with Crippen molar-refractivity contribution in [3.05, 3.63) is 255 Å². The predicted octanol–water partition coefficient (Wildman–Crippen LogP) is 13.5. The molecule has 16 rings (SSSR count). The van der Waals surface area contributed by atoms with E-state index in [0.717, 1.165) is 89.3 Å². The highest BCUT2D eigenvalue weighted by atomic mass is 28.3. The quantitative estimate of drug-likeness (QED) is 0.165. The first-order chi connectivity index (χ1) is 37.2. The van der Waals surface area contributed by atoms with Crippen LogP contribution in [0.25, 0.3) is 123 Å². The Morgan fingerprint density at radius 2 is 0.600 bits per heavy atom. The van der Waals surface area contributed by atoms with Gasteiger partial charge in [0, 0.05) is 78.7 Å². The van der Waals surface area contributed by atoms with Gasteiger partial charge in [0.15, 0.2) is 19.7 Å². The molecule has 6 nitrogen and oxygen atoms in total. The molecule has 348 valence electrons. The van der Waals surface area contributed by atoms with Crippen molar-refractivity contribution < 1.29 is 0 Å². The van der Waals surface area contributed by atoms with Crippen LogP contribution in [0.2, 0.25) is 0 Å². The summed E-state index contributed by atoms with van der Waals surface area (Å²) in [7, 11) is -3.28. The first-order valence-corrected chi connectivity index (χ1v) is 27.5. The summed E-state index contributed by atoms with van der Waals surface area (Å²) in [5, 5.41) is 10.1. The largest absolute Gasteiger partial charge is 0.309 e. The fraction of sp³-hybridized carbons (Fsp3) is 0. The van der Waals surface area contributed by atoms with Crippen molar-refractivity contribution >= 4 is 72.4 Å². The molecular formula is C68H42N6Si. The zero-order valence-corrected chi connectivity index (χ0v) is 41.4. The lowest BCUT2D eigenvalue weighted by atomic mass is 10.0. The third-order valence-corrected chi connectivity index (χ3v) is 20.9. The molecule has 2 aliphatic rings. The minimum atomic E-state index is -3.28. The maximum absolute atomic E-state index is 5.67. The van der Waals surface area contributed by atoms with Crippen molar-refractivity contribution in [1.29, 1.82) is 0 Å². The van der Waals surface area contributed by atoms with Crippen LogP contribution in [-0.2, 0) is 0 Å². The molecule has 10 aromatic carbocycles. The Hall–Kier alpha value is -9.82. The molecule has 4 aromatic heterocycles. The SMILES string of the molecule is c1cc(-c2ncc3c(n2)-c2ccccc2[Si]2(c4ccccc4-3)c3ccccc3-c3cnc(-c4cccc(-n5c6ccccc6c6ccccc65)c4)nc3-c3ccccc32)cc(-n2c3ccccc3c3ccccc32)c1. The van der Waals surface area contributed by atoms with Crippen molar-refractivity contribution in [1.82, 2.24) is 29.1 Å². The number of rotatable bonds is 4. The highest BCUT2D eigenvalue weighted by Gasteiger charge is 2.50. The fourth-order valence-corrected chi connectivity index (χ4v) is 18.4. The summed E-state index contributed by atoms with van der Waals surface area (Å²) in [6.07, 6.45) is 4.14. The highest BCUT2D eigenvalue weighted by molar-refractivity contribution is 7.22. The smallest absolute Gasteiger partial charge is 0.182 e. The normalized spacial score (nSPS) is 12.9. The lowest BCUT2D eigenvalue weighted by Crippen LogP contribution is -2.75. The topological polar surface area (TPSA) is 61.4 Å². The second-order valence-electron chi connectivity index (χ2n) is 19.7. The van der Waals surface area contributed by atoms with Gasteiger partial charge in [-0.1, -0.05) is 194 Å². The van der Waals surface area contributed by atoms with E-state index in [9.17, 15) is 0 Å². The van der Waals surface area contributed by atoms with Crippen molar-refractivity contribution in [2.45, 2.75) is 0 Å². The predicted molar refractivity (Wildman–Crippen MR) is 310 cm³/mol. The highest BCUT2D eigenvalue weighted by Crippen LogP contribution is 2.42. The second-order valence-corrected chi connectivity index (χ2v) is 23.3. The van der Waals surface area contributed by atoms with Crippen LogP contribution < -0.4 is 20.7 Å². The summed E-state index contributed by atoms with van der Waals surface area (Å²) in [6.45, 7) is 0. The van der Waals surface area contributed by atoms with Gasteiger partial charge in [-0.3, -0.25) is 0 Å². The fourth-order valence-electron chi connectivity index (χ4n) is 12.8. The summed E-state index contributed by atoms with van der Waals surface area (Å²) in [5.74, 6) is 1.36. The first-order valence-electron chi connectivity index (χ1n) is 25.5. The van der Waals surface area contributed by atoms with Gasteiger partial charge in [0.05, 0.1) is 33.5 Å². The molecule has 7 heteroatoms. The minimum Gasteiger partial charge on any atom is -0.309 e. The molecular weight excluding hydrogens is 929 g/mol. The van der Waals surface area contributed by atoms with E-state index in [2.05, 4.69) is 264 Å². The Balaban J connectivity index is 0.895. The molecule has 0 fully saturated rings. The number of aromatic nitrogens is 6. The Kier molecular flexibility index (Phi) is 8.96. The zero-order chi connectivity index (χ0) is 49.2. The van der Waals surface area contributed by atoms with Crippen LogP contribution in [0.15, 0.2) is 255 Å². The average molecular weight is 971 g/mol. The maximum Gasteiger partial charge on any atom is 0.182 e. The van der Waals surface area contributed by atoms with Crippen molar-refractivity contribution in [3.63, 3.8) is 0 Å². The van der Waals surface area contributed by atoms with Gasteiger partial charge in [-0.15, -0.1) is 0 Å². The van der Waals surface area contributed by atoms with Crippen LogP contribution in [0.1, 0.15) is 0 Å². The molecule has 0 unspecified atom stereocenters. The monoisotopic (exact) mass is 970 g/mol. The van der Waals surface area contributed by atoms with Crippen molar-refractivity contribution in [2.24, 2.45) is 0 Å². The lowest BCUT2D eigenvalue weighted by molar-refractivity contribution is 1.16. The molecule has 0 atom stereocenters. The van der Waals surface area contributed by atoms with Gasteiger partial charge in [-0.05, 0) is 80.4 Å². The van der Waals surface area contributed by atoms with E-state index in [1.54, 1.807) is 0 Å². The molecule has 6 heterocycles. The molecule has 1 spiro atoms. The third kappa shape index (κ3) is 5.95. The van der Waals surface area contributed by atoms with Crippen molar-refractivity contribution in [2.75, 3.05) is 0 Å². The molecule has 0 saturated heterocycles. The second kappa shape index (κ2) is 16.1. The number of nitrogens with zero attached hydrogens (tertiary/aromatic N) is 6. The van der Waals surface area contributed by atoms with E-state index in [-0.39, 0.29) is 0 Å². The van der Waals surface area contributed by atoms with E-state index >= 15 is 0 Å². The van der Waals surface area contributed by atoms with Crippen LogP contribution >= 0.6 is 0 Å². The summed E-state index contributed by atoms with van der Waals surface area (Å²) < 4.78 is 4.71. The lowest BCUT2D eigenvalue weighted by Gasteiger charge is -2.36. The van der Waals surface area contributed by atoms with E-state index in [1.165, 1.54) is 42.3 Å². The van der Waals surface area contributed by atoms with Gasteiger partial charge in [0.1, 0.15) is 0 Å². The first kappa shape index (κ1) is 41.8. The van der Waals surface area contributed by atoms with Gasteiger partial charge < -0.3 is 9.13 Å². The number of para-hydroxylation sites is 4. The number of benzene rings is 10. The van der Waals surface area contributed by atoms with Crippen LogP contribution in [0, 0.1) is 0 Å². The van der Waals surface area contributed by atoms with Crippen LogP contribution in [-0.4, -0.2) is 37.1 Å². The molecule has 0 bridgehead atoms. The van der Waals surface area contributed by atoms with Crippen molar-refractivity contribution in [3.8, 4) is 78.9 Å².